The van der Waals surface area contributed by atoms with Gasteiger partial charge in [0.05, 0.1) is 0 Å². The van der Waals surface area contributed by atoms with Gasteiger partial charge < -0.3 is 9.47 Å². The van der Waals surface area contributed by atoms with Crippen molar-refractivity contribution in [2.45, 2.75) is 39.0 Å². The van der Waals surface area contributed by atoms with Crippen molar-refractivity contribution in [3.8, 4) is 5.75 Å². The summed E-state index contributed by atoms with van der Waals surface area (Å²) in [6.07, 6.45) is 3.89. The summed E-state index contributed by atoms with van der Waals surface area (Å²) in [4.78, 5) is 0. The van der Waals surface area contributed by atoms with E-state index in [0.29, 0.717) is 12.7 Å². The van der Waals surface area contributed by atoms with E-state index >= 15 is 0 Å². The van der Waals surface area contributed by atoms with Crippen LogP contribution in [0.15, 0.2) is 18.2 Å². The van der Waals surface area contributed by atoms with Crippen LogP contribution in [0.5, 0.6) is 5.75 Å². The Labute approximate surface area is 104 Å². The van der Waals surface area contributed by atoms with Gasteiger partial charge in [0.2, 0.25) is 0 Å². The molecule has 0 amide bonds. The molecule has 0 aromatic heterocycles. The molecule has 2 heteroatoms. The molecule has 0 atom stereocenters. The molecule has 0 saturated heterocycles. The highest BCUT2D eigenvalue weighted by Crippen LogP contribution is 2.38. The van der Waals surface area contributed by atoms with Gasteiger partial charge in [-0.3, -0.25) is 0 Å². The van der Waals surface area contributed by atoms with Gasteiger partial charge in [-0.15, -0.1) is 0 Å². The van der Waals surface area contributed by atoms with Crippen molar-refractivity contribution in [1.29, 1.82) is 0 Å². The van der Waals surface area contributed by atoms with Crippen molar-refractivity contribution < 1.29 is 9.47 Å². The molecule has 0 radical (unpaired) electrons. The first kappa shape index (κ1) is 12.4. The summed E-state index contributed by atoms with van der Waals surface area (Å²) in [6.45, 7) is 4.74. The summed E-state index contributed by atoms with van der Waals surface area (Å²) in [5.41, 5.74) is 2.64. The zero-order valence-corrected chi connectivity index (χ0v) is 11.0. The molecule has 0 aliphatic heterocycles. The van der Waals surface area contributed by atoms with Crippen molar-refractivity contribution in [1.82, 2.24) is 0 Å². The molecule has 2 rings (SSSR count). The standard InChI is InChI=1S/C15H22O2/c1-11(2)14-6-4-5-13(9-12-7-8-12)15(14)17-10-16-3/h4-6,11-12H,7-10H2,1-3H3. The number of methoxy groups -OCH3 is 1. The Bertz CT molecular complexity index is 367. The maximum Gasteiger partial charge on any atom is 0.188 e. The van der Waals surface area contributed by atoms with Crippen LogP contribution in [0.25, 0.3) is 0 Å². The summed E-state index contributed by atoms with van der Waals surface area (Å²) < 4.78 is 10.8. The molecule has 1 aromatic carbocycles. The first-order valence-electron chi connectivity index (χ1n) is 6.46. The van der Waals surface area contributed by atoms with Crippen molar-refractivity contribution in [2.75, 3.05) is 13.9 Å². The molecule has 1 aliphatic carbocycles. The van der Waals surface area contributed by atoms with Crippen molar-refractivity contribution in [3.05, 3.63) is 29.3 Å². The van der Waals surface area contributed by atoms with E-state index in [1.807, 2.05) is 0 Å². The van der Waals surface area contributed by atoms with E-state index < -0.39 is 0 Å². The van der Waals surface area contributed by atoms with Crippen LogP contribution in [0, 0.1) is 5.92 Å². The molecule has 0 heterocycles. The Hall–Kier alpha value is -1.02. The highest BCUT2D eigenvalue weighted by atomic mass is 16.7. The minimum Gasteiger partial charge on any atom is -0.467 e. The van der Waals surface area contributed by atoms with E-state index in [2.05, 4.69) is 32.0 Å². The molecule has 0 spiro atoms. The molecule has 0 bridgehead atoms. The molecule has 1 saturated carbocycles. The van der Waals surface area contributed by atoms with E-state index in [-0.39, 0.29) is 0 Å². The van der Waals surface area contributed by atoms with Gasteiger partial charge in [-0.05, 0) is 42.2 Å². The maximum absolute atomic E-state index is 5.79. The normalized spacial score (nSPS) is 15.3. The molecule has 94 valence electrons. The smallest absolute Gasteiger partial charge is 0.188 e. The topological polar surface area (TPSA) is 18.5 Å². The highest BCUT2D eigenvalue weighted by molar-refractivity contribution is 5.43. The van der Waals surface area contributed by atoms with Crippen LogP contribution in [-0.4, -0.2) is 13.9 Å². The minimum absolute atomic E-state index is 0.335. The van der Waals surface area contributed by atoms with Gasteiger partial charge >= 0.3 is 0 Å². The number of hydrogen-bond donors (Lipinski definition) is 0. The largest absolute Gasteiger partial charge is 0.467 e. The third-order valence-corrected chi connectivity index (χ3v) is 3.28. The Kier molecular flexibility index (Phi) is 4.06. The maximum atomic E-state index is 5.79. The van der Waals surface area contributed by atoms with E-state index in [4.69, 9.17) is 9.47 Å². The molecule has 0 N–H and O–H groups in total. The van der Waals surface area contributed by atoms with E-state index in [9.17, 15) is 0 Å². The van der Waals surface area contributed by atoms with Crippen LogP contribution >= 0.6 is 0 Å². The van der Waals surface area contributed by atoms with Crippen LogP contribution in [0.1, 0.15) is 43.7 Å². The third-order valence-electron chi connectivity index (χ3n) is 3.28. The summed E-state index contributed by atoms with van der Waals surface area (Å²) >= 11 is 0. The number of rotatable bonds is 6. The molecule has 17 heavy (non-hydrogen) atoms. The number of hydrogen-bond acceptors (Lipinski definition) is 2. The summed E-state index contributed by atoms with van der Waals surface area (Å²) in [5.74, 6) is 2.42. The fraction of sp³-hybridized carbons (Fsp3) is 0.600. The third kappa shape index (κ3) is 3.22. The minimum atomic E-state index is 0.335. The van der Waals surface area contributed by atoms with E-state index in [1.54, 1.807) is 7.11 Å². The first-order chi connectivity index (χ1) is 8.22. The molecular formula is C15H22O2. The molecule has 1 aromatic rings. The summed E-state index contributed by atoms with van der Waals surface area (Å²) in [6, 6.07) is 6.49. The summed E-state index contributed by atoms with van der Waals surface area (Å²) in [5, 5.41) is 0. The Morgan fingerprint density at radius 3 is 2.65 bits per heavy atom. The van der Waals surface area contributed by atoms with Crippen LogP contribution < -0.4 is 4.74 Å². The zero-order chi connectivity index (χ0) is 12.3. The predicted molar refractivity (Wildman–Crippen MR) is 69.5 cm³/mol. The fourth-order valence-corrected chi connectivity index (χ4v) is 2.15. The monoisotopic (exact) mass is 234 g/mol. The lowest BCUT2D eigenvalue weighted by Crippen LogP contribution is -2.06. The SMILES string of the molecule is COCOc1c(CC2CC2)cccc1C(C)C. The molecular weight excluding hydrogens is 212 g/mol. The average Bonchev–Trinajstić information content (AvgIpc) is 3.11. The van der Waals surface area contributed by atoms with Gasteiger partial charge in [0.1, 0.15) is 5.75 Å². The fourth-order valence-electron chi connectivity index (χ4n) is 2.15. The first-order valence-corrected chi connectivity index (χ1v) is 6.46. The lowest BCUT2D eigenvalue weighted by molar-refractivity contribution is 0.0495. The number of ether oxygens (including phenoxy) is 2. The van der Waals surface area contributed by atoms with E-state index in [1.165, 1.54) is 24.0 Å². The van der Waals surface area contributed by atoms with Crippen LogP contribution in [-0.2, 0) is 11.2 Å². The van der Waals surface area contributed by atoms with Crippen molar-refractivity contribution >= 4 is 0 Å². The van der Waals surface area contributed by atoms with Crippen LogP contribution in [0.2, 0.25) is 0 Å². The van der Waals surface area contributed by atoms with E-state index in [0.717, 1.165) is 18.1 Å². The van der Waals surface area contributed by atoms with Gasteiger partial charge in [0.25, 0.3) is 0 Å². The van der Waals surface area contributed by atoms with Crippen molar-refractivity contribution in [2.24, 2.45) is 5.92 Å². The quantitative estimate of drug-likeness (QED) is 0.698. The zero-order valence-electron chi connectivity index (χ0n) is 11.0. The van der Waals surface area contributed by atoms with Crippen LogP contribution in [0.3, 0.4) is 0 Å². The predicted octanol–water partition coefficient (Wildman–Crippen LogP) is 3.75. The lowest BCUT2D eigenvalue weighted by atomic mass is 9.97. The van der Waals surface area contributed by atoms with Gasteiger partial charge in [-0.2, -0.15) is 0 Å². The Morgan fingerprint density at radius 1 is 1.29 bits per heavy atom. The van der Waals surface area contributed by atoms with Crippen LogP contribution in [0.4, 0.5) is 0 Å². The van der Waals surface area contributed by atoms with Gasteiger partial charge in [0, 0.05) is 7.11 Å². The highest BCUT2D eigenvalue weighted by Gasteiger charge is 2.24. The van der Waals surface area contributed by atoms with Gasteiger partial charge in [0.15, 0.2) is 6.79 Å². The van der Waals surface area contributed by atoms with Crippen molar-refractivity contribution in [3.63, 3.8) is 0 Å². The molecule has 1 aliphatic rings. The number of para-hydroxylation sites is 1. The Balaban J connectivity index is 2.24. The second kappa shape index (κ2) is 5.54. The lowest BCUT2D eigenvalue weighted by Gasteiger charge is -2.17. The molecule has 2 nitrogen and oxygen atoms in total. The van der Waals surface area contributed by atoms with Gasteiger partial charge in [-0.25, -0.2) is 0 Å². The second-order valence-electron chi connectivity index (χ2n) is 5.19. The van der Waals surface area contributed by atoms with Gasteiger partial charge in [-0.1, -0.05) is 32.0 Å². The Morgan fingerprint density at radius 2 is 2.06 bits per heavy atom. The number of benzene rings is 1. The average molecular weight is 234 g/mol. The molecule has 1 fully saturated rings. The molecule has 0 unspecified atom stereocenters. The summed E-state index contributed by atoms with van der Waals surface area (Å²) in [7, 11) is 1.67. The second-order valence-corrected chi connectivity index (χ2v) is 5.19.